The summed E-state index contributed by atoms with van der Waals surface area (Å²) in [5, 5.41) is 3.90. The molecule has 4 aromatic rings. The maximum Gasteiger partial charge on any atom is 0.333 e. The molecule has 0 aliphatic carbocycles. The van der Waals surface area contributed by atoms with Gasteiger partial charge in [-0.1, -0.05) is 40.9 Å². The SMILES string of the molecule is COc1ccc(-n2c(C(=O)NCc3ccc(OC)cc3Cl)c3n(c2=O)CCN(C(=O)c2ccc(Cl)c(Cl)c2)C3)cc1. The molecule has 3 aromatic carbocycles. The Hall–Kier alpha value is -3.92. The third-order valence-electron chi connectivity index (χ3n) is 6.88. The molecular formula is C29H25Cl3N4O5. The van der Waals surface area contributed by atoms with Crippen molar-refractivity contribution in [2.75, 3.05) is 20.8 Å². The number of amides is 2. The first-order valence-corrected chi connectivity index (χ1v) is 13.7. The number of hydrogen-bond acceptors (Lipinski definition) is 5. The van der Waals surface area contributed by atoms with Crippen LogP contribution in [-0.4, -0.2) is 46.6 Å². The zero-order valence-corrected chi connectivity index (χ0v) is 24.4. The van der Waals surface area contributed by atoms with Gasteiger partial charge in [0.1, 0.15) is 17.2 Å². The second-order valence-corrected chi connectivity index (χ2v) is 10.5. The lowest BCUT2D eigenvalue weighted by atomic mass is 10.1. The van der Waals surface area contributed by atoms with Crippen molar-refractivity contribution in [2.24, 2.45) is 0 Å². The molecule has 12 heteroatoms. The number of methoxy groups -OCH3 is 2. The molecule has 0 fully saturated rings. The number of nitrogens with zero attached hydrogens (tertiary/aromatic N) is 3. The summed E-state index contributed by atoms with van der Waals surface area (Å²) in [5.41, 5.74) is 1.64. The summed E-state index contributed by atoms with van der Waals surface area (Å²) < 4.78 is 13.3. The summed E-state index contributed by atoms with van der Waals surface area (Å²) in [4.78, 5) is 42.4. The van der Waals surface area contributed by atoms with E-state index in [4.69, 9.17) is 44.3 Å². The first-order valence-electron chi connectivity index (χ1n) is 12.6. The van der Waals surface area contributed by atoms with Crippen LogP contribution in [-0.2, 0) is 19.6 Å². The highest BCUT2D eigenvalue weighted by Crippen LogP contribution is 2.27. The van der Waals surface area contributed by atoms with Crippen LogP contribution in [0.4, 0.5) is 0 Å². The average molecular weight is 616 g/mol. The van der Waals surface area contributed by atoms with Crippen molar-refractivity contribution in [3.05, 3.63) is 109 Å². The number of carbonyl (C=O) groups is 2. The number of nitrogens with one attached hydrogen (secondary N) is 1. The van der Waals surface area contributed by atoms with Gasteiger partial charge in [-0.2, -0.15) is 0 Å². The average Bonchev–Trinajstić information content (AvgIpc) is 3.28. The van der Waals surface area contributed by atoms with Crippen LogP contribution in [0.2, 0.25) is 15.1 Å². The predicted molar refractivity (Wildman–Crippen MR) is 157 cm³/mol. The van der Waals surface area contributed by atoms with Gasteiger partial charge in [0.25, 0.3) is 11.8 Å². The zero-order valence-electron chi connectivity index (χ0n) is 22.1. The molecule has 9 nitrogen and oxygen atoms in total. The largest absolute Gasteiger partial charge is 0.497 e. The molecule has 1 aromatic heterocycles. The molecule has 0 spiro atoms. The minimum Gasteiger partial charge on any atom is -0.497 e. The van der Waals surface area contributed by atoms with E-state index in [-0.39, 0.29) is 48.5 Å². The first kappa shape index (κ1) is 28.6. The quantitative estimate of drug-likeness (QED) is 0.308. The van der Waals surface area contributed by atoms with Crippen molar-refractivity contribution >= 4 is 46.6 Å². The van der Waals surface area contributed by atoms with Crippen LogP contribution in [0.3, 0.4) is 0 Å². The number of benzene rings is 3. The highest BCUT2D eigenvalue weighted by atomic mass is 35.5. The van der Waals surface area contributed by atoms with Crippen LogP contribution in [0, 0.1) is 0 Å². The molecule has 2 heterocycles. The van der Waals surface area contributed by atoms with Gasteiger partial charge in [0.2, 0.25) is 0 Å². The zero-order chi connectivity index (χ0) is 29.3. The van der Waals surface area contributed by atoms with E-state index >= 15 is 0 Å². The lowest BCUT2D eigenvalue weighted by molar-refractivity contribution is 0.0706. The Morgan fingerprint density at radius 3 is 2.22 bits per heavy atom. The molecule has 0 bridgehead atoms. The van der Waals surface area contributed by atoms with Gasteiger partial charge in [0, 0.05) is 30.2 Å². The Balaban J connectivity index is 1.52. The number of rotatable bonds is 7. The molecule has 1 aliphatic rings. The summed E-state index contributed by atoms with van der Waals surface area (Å²) in [6.45, 7) is 0.606. The number of carbonyl (C=O) groups excluding carboxylic acids is 2. The molecule has 0 saturated carbocycles. The normalized spacial score (nSPS) is 12.6. The van der Waals surface area contributed by atoms with E-state index < -0.39 is 5.91 Å². The maximum absolute atomic E-state index is 13.8. The topological polar surface area (TPSA) is 94.8 Å². The molecular weight excluding hydrogens is 591 g/mol. The van der Waals surface area contributed by atoms with E-state index in [2.05, 4.69) is 5.32 Å². The van der Waals surface area contributed by atoms with Crippen LogP contribution in [0.5, 0.6) is 11.5 Å². The molecule has 0 unspecified atom stereocenters. The van der Waals surface area contributed by atoms with E-state index in [9.17, 15) is 14.4 Å². The molecule has 1 aliphatic heterocycles. The molecule has 5 rings (SSSR count). The van der Waals surface area contributed by atoms with Crippen molar-refractivity contribution < 1.29 is 19.1 Å². The Morgan fingerprint density at radius 2 is 1.56 bits per heavy atom. The van der Waals surface area contributed by atoms with Crippen LogP contribution in [0.25, 0.3) is 5.69 Å². The molecule has 2 amide bonds. The van der Waals surface area contributed by atoms with Gasteiger partial charge in [0.05, 0.1) is 42.2 Å². The summed E-state index contributed by atoms with van der Waals surface area (Å²) in [6, 6.07) is 16.6. The monoisotopic (exact) mass is 614 g/mol. The number of imidazole rings is 1. The van der Waals surface area contributed by atoms with E-state index in [1.54, 1.807) is 66.6 Å². The minimum absolute atomic E-state index is 0.0313. The molecule has 0 radical (unpaired) electrons. The fourth-order valence-electron chi connectivity index (χ4n) is 4.71. The van der Waals surface area contributed by atoms with Gasteiger partial charge in [-0.25, -0.2) is 4.79 Å². The fourth-order valence-corrected chi connectivity index (χ4v) is 5.24. The van der Waals surface area contributed by atoms with Crippen LogP contribution < -0.4 is 20.5 Å². The second kappa shape index (κ2) is 11.9. The number of halogens is 3. The van der Waals surface area contributed by atoms with Gasteiger partial charge >= 0.3 is 5.69 Å². The Morgan fingerprint density at radius 1 is 0.854 bits per heavy atom. The van der Waals surface area contributed by atoms with Crippen molar-refractivity contribution in [1.82, 2.24) is 19.4 Å². The van der Waals surface area contributed by atoms with Crippen molar-refractivity contribution in [3.8, 4) is 17.2 Å². The third kappa shape index (κ3) is 5.66. The van der Waals surface area contributed by atoms with Crippen molar-refractivity contribution in [2.45, 2.75) is 19.6 Å². The summed E-state index contributed by atoms with van der Waals surface area (Å²) in [7, 11) is 3.08. The fraction of sp³-hybridized carbons (Fsp3) is 0.207. The van der Waals surface area contributed by atoms with Crippen LogP contribution >= 0.6 is 34.8 Å². The third-order valence-corrected chi connectivity index (χ3v) is 7.97. The molecule has 0 saturated heterocycles. The van der Waals surface area contributed by atoms with E-state index in [1.807, 2.05) is 0 Å². The highest BCUT2D eigenvalue weighted by molar-refractivity contribution is 6.42. The molecule has 1 N–H and O–H groups in total. The van der Waals surface area contributed by atoms with Gasteiger partial charge in [-0.3, -0.25) is 18.7 Å². The molecule has 212 valence electrons. The second-order valence-electron chi connectivity index (χ2n) is 9.26. The van der Waals surface area contributed by atoms with E-state index in [0.29, 0.717) is 44.1 Å². The van der Waals surface area contributed by atoms with Crippen LogP contribution in [0.1, 0.15) is 32.1 Å². The van der Waals surface area contributed by atoms with Gasteiger partial charge in [-0.15, -0.1) is 0 Å². The summed E-state index contributed by atoms with van der Waals surface area (Å²) in [5.74, 6) is 0.397. The standard InChI is InChI=1S/C29H25Cl3N4O5/c1-40-20-8-5-19(6-9-20)36-26(27(37)33-15-18-3-7-21(41-2)14-23(18)31)25-16-34(11-12-35(25)29(36)39)28(38)17-4-10-22(30)24(32)13-17/h3-10,13-14H,11-12,15-16H2,1-2H3,(H,33,37). The number of fused-ring (bicyclic) bond motifs is 1. The minimum atomic E-state index is -0.498. The van der Waals surface area contributed by atoms with E-state index in [0.717, 1.165) is 0 Å². The Kier molecular flexibility index (Phi) is 8.30. The van der Waals surface area contributed by atoms with Gasteiger partial charge < -0.3 is 19.7 Å². The first-order chi connectivity index (χ1) is 19.7. The summed E-state index contributed by atoms with van der Waals surface area (Å²) >= 11 is 18.5. The lowest BCUT2D eigenvalue weighted by Gasteiger charge is -2.28. The van der Waals surface area contributed by atoms with Gasteiger partial charge in [-0.05, 0) is 60.2 Å². The van der Waals surface area contributed by atoms with Gasteiger partial charge in [0.15, 0.2) is 0 Å². The number of aromatic nitrogens is 2. The highest BCUT2D eigenvalue weighted by Gasteiger charge is 2.32. The van der Waals surface area contributed by atoms with Crippen LogP contribution in [0.15, 0.2) is 65.5 Å². The van der Waals surface area contributed by atoms with Crippen molar-refractivity contribution in [1.29, 1.82) is 0 Å². The Bertz CT molecular complexity index is 1700. The van der Waals surface area contributed by atoms with E-state index in [1.165, 1.54) is 22.3 Å². The smallest absolute Gasteiger partial charge is 0.333 e. The molecule has 0 atom stereocenters. The van der Waals surface area contributed by atoms with Crippen molar-refractivity contribution in [3.63, 3.8) is 0 Å². The number of ether oxygens (including phenoxy) is 2. The summed E-state index contributed by atoms with van der Waals surface area (Å²) in [6.07, 6.45) is 0. The molecule has 41 heavy (non-hydrogen) atoms. The Labute approximate surface area is 250 Å². The maximum atomic E-state index is 13.8. The lowest BCUT2D eigenvalue weighted by Crippen LogP contribution is -2.41. The predicted octanol–water partition coefficient (Wildman–Crippen LogP) is 5.20. The number of hydrogen-bond donors (Lipinski definition) is 1.